The molecule has 0 heterocycles. The van der Waals surface area contributed by atoms with Crippen LogP contribution in [0.2, 0.25) is 0 Å². The van der Waals surface area contributed by atoms with E-state index in [0.29, 0.717) is 5.56 Å². The number of aliphatic hydroxyl groups is 2. The quantitative estimate of drug-likeness (QED) is 0.866. The Hall–Kier alpha value is -0.430. The number of aliphatic hydroxyl groups excluding tert-OH is 2. The summed E-state index contributed by atoms with van der Waals surface area (Å²) in [6.07, 6.45) is -0.219. The smallest absolute Gasteiger partial charge is 0.155 e. The number of hydrogen-bond acceptors (Lipinski definition) is 4. The van der Waals surface area contributed by atoms with Gasteiger partial charge in [0.2, 0.25) is 0 Å². The Morgan fingerprint density at radius 1 is 1.31 bits per heavy atom. The Balaban J connectivity index is 3.00. The zero-order chi connectivity index (χ0) is 12.3. The minimum absolute atomic E-state index is 0.465. The van der Waals surface area contributed by atoms with E-state index in [2.05, 4.69) is 15.9 Å². The Morgan fingerprint density at radius 3 is 2.19 bits per heavy atom. The van der Waals surface area contributed by atoms with Crippen LogP contribution in [0.3, 0.4) is 0 Å². The predicted molar refractivity (Wildman–Crippen MR) is 64.8 cm³/mol. The van der Waals surface area contributed by atoms with Crippen molar-refractivity contribution in [2.24, 2.45) is 0 Å². The first-order chi connectivity index (χ1) is 7.36. The summed E-state index contributed by atoms with van der Waals surface area (Å²) in [5.41, 5.74) is 0.465. The zero-order valence-electron chi connectivity index (χ0n) is 8.67. The number of rotatable bonds is 4. The van der Waals surface area contributed by atoms with Gasteiger partial charge in [-0.15, -0.1) is 0 Å². The number of halogens is 1. The Bertz CT molecular complexity index is 440. The molecule has 0 fully saturated rings. The van der Waals surface area contributed by atoms with Gasteiger partial charge in [0.25, 0.3) is 0 Å². The molecule has 90 valence electrons. The third-order valence-electron chi connectivity index (χ3n) is 2.29. The van der Waals surface area contributed by atoms with E-state index < -0.39 is 27.8 Å². The first kappa shape index (κ1) is 13.6. The highest BCUT2D eigenvalue weighted by Gasteiger charge is 2.29. The minimum atomic E-state index is -3.48. The lowest BCUT2D eigenvalue weighted by Gasteiger charge is -2.19. The molecule has 0 aliphatic rings. The fourth-order valence-corrected chi connectivity index (χ4v) is 2.50. The summed E-state index contributed by atoms with van der Waals surface area (Å²) in [4.78, 5) is 0. The number of hydrogen-bond donors (Lipinski definition) is 2. The topological polar surface area (TPSA) is 74.6 Å². The molecule has 0 saturated carbocycles. The van der Waals surface area contributed by atoms with Crippen molar-refractivity contribution in [3.63, 3.8) is 0 Å². The van der Waals surface area contributed by atoms with Crippen molar-refractivity contribution in [3.05, 3.63) is 34.3 Å². The molecule has 0 amide bonds. The lowest BCUT2D eigenvalue weighted by Crippen LogP contribution is -2.31. The maximum atomic E-state index is 11.3. The van der Waals surface area contributed by atoms with Crippen LogP contribution in [0.25, 0.3) is 0 Å². The third kappa shape index (κ3) is 3.28. The first-order valence-corrected chi connectivity index (χ1v) is 7.34. The molecule has 2 N–H and O–H groups in total. The van der Waals surface area contributed by atoms with Crippen LogP contribution < -0.4 is 0 Å². The van der Waals surface area contributed by atoms with Gasteiger partial charge in [-0.2, -0.15) is 0 Å². The molecular weight excluding hydrogens is 296 g/mol. The van der Waals surface area contributed by atoms with Crippen LogP contribution in [0.15, 0.2) is 28.7 Å². The van der Waals surface area contributed by atoms with Gasteiger partial charge in [0.05, 0.1) is 12.7 Å². The number of benzene rings is 1. The molecule has 1 aromatic carbocycles. The van der Waals surface area contributed by atoms with Gasteiger partial charge in [0.1, 0.15) is 5.25 Å². The summed E-state index contributed by atoms with van der Waals surface area (Å²) in [7, 11) is -3.48. The summed E-state index contributed by atoms with van der Waals surface area (Å²) in [5.74, 6) is 0. The highest BCUT2D eigenvalue weighted by Crippen LogP contribution is 2.23. The largest absolute Gasteiger partial charge is 0.395 e. The average molecular weight is 309 g/mol. The molecular formula is C10H13BrO4S. The maximum Gasteiger partial charge on any atom is 0.155 e. The standard InChI is InChI=1S/C10H13BrO4S/c1-16(14,15)9(6-12)10(13)7-2-4-8(11)5-3-7/h2-5,9-10,12-13H,6H2,1H3/t9-,10-/m0/s1. The highest BCUT2D eigenvalue weighted by molar-refractivity contribution is 9.10. The van der Waals surface area contributed by atoms with Crippen molar-refractivity contribution < 1.29 is 18.6 Å². The third-order valence-corrected chi connectivity index (χ3v) is 4.33. The first-order valence-electron chi connectivity index (χ1n) is 4.59. The predicted octanol–water partition coefficient (Wildman–Crippen LogP) is 0.888. The van der Waals surface area contributed by atoms with E-state index in [4.69, 9.17) is 5.11 Å². The lowest BCUT2D eigenvalue weighted by atomic mass is 10.1. The second kappa shape index (κ2) is 5.27. The SMILES string of the molecule is CS(=O)(=O)[C@@H](CO)[C@@H](O)c1ccc(Br)cc1. The van der Waals surface area contributed by atoms with Gasteiger partial charge in [-0.25, -0.2) is 8.42 Å². The molecule has 0 aromatic heterocycles. The van der Waals surface area contributed by atoms with Crippen molar-refractivity contribution in [1.29, 1.82) is 0 Å². The molecule has 0 aliphatic heterocycles. The Morgan fingerprint density at radius 2 is 1.81 bits per heavy atom. The van der Waals surface area contributed by atoms with E-state index in [-0.39, 0.29) is 0 Å². The summed E-state index contributed by atoms with van der Waals surface area (Å²) >= 11 is 3.24. The maximum absolute atomic E-state index is 11.3. The molecule has 6 heteroatoms. The van der Waals surface area contributed by atoms with Crippen LogP contribution >= 0.6 is 15.9 Å². The molecule has 0 aliphatic carbocycles. The van der Waals surface area contributed by atoms with E-state index in [1.54, 1.807) is 24.3 Å². The molecule has 1 rings (SSSR count). The molecule has 0 saturated heterocycles. The van der Waals surface area contributed by atoms with Gasteiger partial charge >= 0.3 is 0 Å². The highest BCUT2D eigenvalue weighted by atomic mass is 79.9. The fourth-order valence-electron chi connectivity index (χ4n) is 1.34. The van der Waals surface area contributed by atoms with Crippen molar-refractivity contribution in [3.8, 4) is 0 Å². The van der Waals surface area contributed by atoms with E-state index in [0.717, 1.165) is 10.7 Å². The fraction of sp³-hybridized carbons (Fsp3) is 0.400. The molecule has 16 heavy (non-hydrogen) atoms. The van der Waals surface area contributed by atoms with Gasteiger partial charge in [-0.1, -0.05) is 28.1 Å². The normalized spacial score (nSPS) is 15.8. The van der Waals surface area contributed by atoms with Crippen LogP contribution in [0.5, 0.6) is 0 Å². The van der Waals surface area contributed by atoms with Crippen molar-refractivity contribution >= 4 is 25.8 Å². The van der Waals surface area contributed by atoms with Gasteiger partial charge in [0, 0.05) is 10.7 Å². The van der Waals surface area contributed by atoms with E-state index in [1.165, 1.54) is 0 Å². The lowest BCUT2D eigenvalue weighted by molar-refractivity contribution is 0.138. The van der Waals surface area contributed by atoms with Crippen LogP contribution in [-0.2, 0) is 9.84 Å². The zero-order valence-corrected chi connectivity index (χ0v) is 11.1. The summed E-state index contributed by atoms with van der Waals surface area (Å²) in [6, 6.07) is 6.63. The van der Waals surface area contributed by atoms with Crippen molar-refractivity contribution in [2.75, 3.05) is 12.9 Å². The molecule has 0 unspecified atom stereocenters. The average Bonchev–Trinajstić information content (AvgIpc) is 2.17. The Kier molecular flexibility index (Phi) is 4.49. The van der Waals surface area contributed by atoms with E-state index in [1.807, 2.05) is 0 Å². The van der Waals surface area contributed by atoms with Gasteiger partial charge in [-0.05, 0) is 17.7 Å². The molecule has 0 radical (unpaired) electrons. The molecule has 1 aromatic rings. The molecule has 0 spiro atoms. The summed E-state index contributed by atoms with van der Waals surface area (Å²) in [5, 5.41) is 17.7. The van der Waals surface area contributed by atoms with Gasteiger partial charge in [0.15, 0.2) is 9.84 Å². The van der Waals surface area contributed by atoms with Crippen molar-refractivity contribution in [2.45, 2.75) is 11.4 Å². The minimum Gasteiger partial charge on any atom is -0.395 e. The van der Waals surface area contributed by atoms with Crippen LogP contribution in [0.1, 0.15) is 11.7 Å². The second-order valence-corrected chi connectivity index (χ2v) is 6.73. The second-order valence-electron chi connectivity index (χ2n) is 3.55. The number of sulfone groups is 1. The molecule has 0 bridgehead atoms. The van der Waals surface area contributed by atoms with Gasteiger partial charge in [-0.3, -0.25) is 0 Å². The van der Waals surface area contributed by atoms with E-state index in [9.17, 15) is 13.5 Å². The van der Waals surface area contributed by atoms with Crippen LogP contribution in [0, 0.1) is 0 Å². The summed E-state index contributed by atoms with van der Waals surface area (Å²) in [6.45, 7) is -0.601. The molecule has 2 atom stereocenters. The van der Waals surface area contributed by atoms with E-state index >= 15 is 0 Å². The summed E-state index contributed by atoms with van der Waals surface area (Å²) < 4.78 is 23.5. The monoisotopic (exact) mass is 308 g/mol. The van der Waals surface area contributed by atoms with Crippen molar-refractivity contribution in [1.82, 2.24) is 0 Å². The van der Waals surface area contributed by atoms with Crippen LogP contribution in [0.4, 0.5) is 0 Å². The van der Waals surface area contributed by atoms with Gasteiger partial charge < -0.3 is 10.2 Å². The van der Waals surface area contributed by atoms with Crippen LogP contribution in [-0.4, -0.2) is 36.7 Å². The Labute approximate surface area is 103 Å². The molecule has 4 nitrogen and oxygen atoms in total.